The van der Waals surface area contributed by atoms with E-state index in [-0.39, 0.29) is 23.0 Å². The summed E-state index contributed by atoms with van der Waals surface area (Å²) in [5.41, 5.74) is 0. The van der Waals surface area contributed by atoms with Gasteiger partial charge in [-0.15, -0.1) is 0 Å². The van der Waals surface area contributed by atoms with Gasteiger partial charge in [-0.25, -0.2) is 0 Å². The Hall–Kier alpha value is -1.84. The van der Waals surface area contributed by atoms with Crippen LogP contribution in [-0.2, 0) is 16.1 Å². The molecule has 0 aliphatic carbocycles. The average molecular weight is 332 g/mol. The predicted octanol–water partition coefficient (Wildman–Crippen LogP) is 0.140. The topological polar surface area (TPSA) is 111 Å². The minimum atomic E-state index is -0.731. The number of halogens is 1. The second kappa shape index (κ2) is 5.43. The van der Waals surface area contributed by atoms with Gasteiger partial charge < -0.3 is 15.0 Å². The molecule has 0 spiro atoms. The van der Waals surface area contributed by atoms with Crippen molar-refractivity contribution in [1.29, 1.82) is 0 Å². The summed E-state index contributed by atoms with van der Waals surface area (Å²) < 4.78 is 1.25. The molecule has 1 saturated heterocycles. The van der Waals surface area contributed by atoms with Gasteiger partial charge >= 0.3 is 5.95 Å². The molecule has 10 heteroatoms. The van der Waals surface area contributed by atoms with Crippen molar-refractivity contribution >= 4 is 33.6 Å². The summed E-state index contributed by atoms with van der Waals surface area (Å²) in [6.45, 7) is 0.619. The van der Waals surface area contributed by atoms with Crippen LogP contribution < -0.4 is 0 Å². The van der Waals surface area contributed by atoms with Gasteiger partial charge in [0.05, 0.1) is 0 Å². The molecule has 0 atom stereocenters. The van der Waals surface area contributed by atoms with Gasteiger partial charge in [0.25, 0.3) is 4.73 Å². The van der Waals surface area contributed by atoms with E-state index in [1.807, 2.05) is 0 Å². The number of aromatic nitrogens is 3. The van der Waals surface area contributed by atoms with Gasteiger partial charge in [0.2, 0.25) is 5.91 Å². The molecule has 1 aromatic rings. The molecule has 0 bridgehead atoms. The van der Waals surface area contributed by atoms with Crippen LogP contribution in [0.5, 0.6) is 0 Å². The molecule has 0 N–H and O–H groups in total. The molecular formula is C9H10BrN5O4. The number of hydrogen-bond acceptors (Lipinski definition) is 6. The van der Waals surface area contributed by atoms with Gasteiger partial charge in [0.1, 0.15) is 12.3 Å². The minimum Gasteiger partial charge on any atom is -0.390 e. The Morgan fingerprint density at radius 1 is 1.42 bits per heavy atom. The fourth-order valence-corrected chi connectivity index (χ4v) is 2.09. The van der Waals surface area contributed by atoms with Crippen LogP contribution >= 0.6 is 15.9 Å². The van der Waals surface area contributed by atoms with Crippen molar-refractivity contribution in [1.82, 2.24) is 19.7 Å². The number of hydrogen-bond donors (Lipinski definition) is 0. The van der Waals surface area contributed by atoms with Crippen molar-refractivity contribution in [2.75, 3.05) is 13.1 Å². The molecule has 19 heavy (non-hydrogen) atoms. The number of ketones is 1. The van der Waals surface area contributed by atoms with E-state index < -0.39 is 10.9 Å². The molecular weight excluding hydrogens is 322 g/mol. The van der Waals surface area contributed by atoms with Crippen molar-refractivity contribution in [2.24, 2.45) is 0 Å². The maximum absolute atomic E-state index is 11.9. The molecule has 1 aliphatic heterocycles. The third-order valence-corrected chi connectivity index (χ3v) is 3.32. The van der Waals surface area contributed by atoms with Crippen LogP contribution in [0.25, 0.3) is 0 Å². The van der Waals surface area contributed by atoms with Crippen LogP contribution in [0.15, 0.2) is 4.73 Å². The molecule has 1 amide bonds. The fraction of sp³-hybridized carbons (Fsp3) is 0.556. The maximum Gasteiger partial charge on any atom is 0.492 e. The normalized spacial score (nSPS) is 15.6. The van der Waals surface area contributed by atoms with Gasteiger partial charge in [-0.1, -0.05) is 0 Å². The number of amides is 1. The van der Waals surface area contributed by atoms with E-state index in [1.165, 1.54) is 0 Å². The summed E-state index contributed by atoms with van der Waals surface area (Å²) in [7, 11) is 0. The largest absolute Gasteiger partial charge is 0.492 e. The molecule has 0 unspecified atom stereocenters. The maximum atomic E-state index is 11.9. The lowest BCUT2D eigenvalue weighted by Gasteiger charge is -2.25. The number of likely N-dealkylation sites (tertiary alicyclic amines) is 1. The van der Waals surface area contributed by atoms with Gasteiger partial charge in [0, 0.05) is 47.0 Å². The smallest absolute Gasteiger partial charge is 0.390 e. The number of nitro groups is 1. The zero-order chi connectivity index (χ0) is 14.0. The molecule has 0 saturated carbocycles. The first-order valence-corrected chi connectivity index (χ1v) is 6.31. The second-order valence-corrected chi connectivity index (χ2v) is 4.72. The SMILES string of the molecule is O=C1CCN(C(=O)Cn2nc([N+](=O)[O-])nc2Br)CC1. The second-order valence-electron chi connectivity index (χ2n) is 4.02. The van der Waals surface area contributed by atoms with Gasteiger partial charge in [-0.05, 0) is 9.91 Å². The van der Waals surface area contributed by atoms with E-state index in [9.17, 15) is 19.7 Å². The summed E-state index contributed by atoms with van der Waals surface area (Å²) in [5, 5.41) is 14.1. The summed E-state index contributed by atoms with van der Waals surface area (Å²) in [5.74, 6) is -0.664. The number of Topliss-reactive ketones (excluding diaryl/α,β-unsaturated/α-hetero) is 1. The first-order valence-electron chi connectivity index (χ1n) is 5.51. The van der Waals surface area contributed by atoms with E-state index in [4.69, 9.17) is 0 Å². The lowest BCUT2D eigenvalue weighted by Crippen LogP contribution is -2.40. The van der Waals surface area contributed by atoms with Gasteiger partial charge in [-0.2, -0.15) is 4.68 Å². The highest BCUT2D eigenvalue weighted by molar-refractivity contribution is 9.10. The molecule has 1 fully saturated rings. The Balaban J connectivity index is 2.02. The zero-order valence-electron chi connectivity index (χ0n) is 9.78. The van der Waals surface area contributed by atoms with Crippen molar-refractivity contribution in [3.05, 3.63) is 14.8 Å². The minimum absolute atomic E-state index is 0.126. The van der Waals surface area contributed by atoms with Crippen LogP contribution in [0.3, 0.4) is 0 Å². The Morgan fingerprint density at radius 3 is 2.58 bits per heavy atom. The van der Waals surface area contributed by atoms with Crippen molar-refractivity contribution in [3.63, 3.8) is 0 Å². The summed E-state index contributed by atoms with van der Waals surface area (Å²) in [4.78, 5) is 37.9. The molecule has 1 aliphatic rings. The van der Waals surface area contributed by atoms with E-state index >= 15 is 0 Å². The van der Waals surface area contributed by atoms with Crippen LogP contribution in [0.1, 0.15) is 12.8 Å². The number of rotatable bonds is 3. The Labute approximate surface area is 115 Å². The lowest BCUT2D eigenvalue weighted by molar-refractivity contribution is -0.394. The third kappa shape index (κ3) is 3.13. The van der Waals surface area contributed by atoms with Crippen LogP contribution in [0, 0.1) is 10.1 Å². The van der Waals surface area contributed by atoms with E-state index in [1.54, 1.807) is 4.90 Å². The molecule has 2 rings (SSSR count). The van der Waals surface area contributed by atoms with Crippen LogP contribution in [-0.4, -0.2) is 49.4 Å². The Morgan fingerprint density at radius 2 is 2.05 bits per heavy atom. The molecule has 102 valence electrons. The number of carbonyl (C=O) groups excluding carboxylic acids is 2. The molecule has 1 aromatic heterocycles. The van der Waals surface area contributed by atoms with Crippen LogP contribution in [0.2, 0.25) is 0 Å². The Bertz CT molecular complexity index is 533. The van der Waals surface area contributed by atoms with Crippen LogP contribution in [0.4, 0.5) is 5.95 Å². The number of nitrogens with zero attached hydrogens (tertiary/aromatic N) is 5. The number of piperidine rings is 1. The van der Waals surface area contributed by atoms with Crippen molar-refractivity contribution in [2.45, 2.75) is 19.4 Å². The highest BCUT2D eigenvalue weighted by Crippen LogP contribution is 2.13. The van der Waals surface area contributed by atoms with Gasteiger partial charge in [-0.3, -0.25) is 9.59 Å². The molecule has 0 aromatic carbocycles. The Kier molecular flexibility index (Phi) is 3.88. The fourth-order valence-electron chi connectivity index (χ4n) is 1.72. The van der Waals surface area contributed by atoms with E-state index in [2.05, 4.69) is 26.0 Å². The standard InChI is InChI=1S/C9H10BrN5O4/c10-8-11-9(15(18)19)12-14(8)5-7(17)13-3-1-6(16)2-4-13/h1-5H2. The lowest BCUT2D eigenvalue weighted by atomic mass is 10.1. The number of carbonyl (C=O) groups is 2. The van der Waals surface area contributed by atoms with E-state index in [0.717, 1.165) is 4.68 Å². The quantitative estimate of drug-likeness (QED) is 0.575. The first kappa shape index (κ1) is 13.6. The molecule has 0 radical (unpaired) electrons. The average Bonchev–Trinajstić information content (AvgIpc) is 2.72. The van der Waals surface area contributed by atoms with Crippen molar-refractivity contribution in [3.8, 4) is 0 Å². The molecule has 2 heterocycles. The van der Waals surface area contributed by atoms with Gasteiger partial charge in [0.15, 0.2) is 0 Å². The highest BCUT2D eigenvalue weighted by Gasteiger charge is 2.25. The zero-order valence-corrected chi connectivity index (χ0v) is 11.4. The highest BCUT2D eigenvalue weighted by atomic mass is 79.9. The monoisotopic (exact) mass is 331 g/mol. The summed E-state index contributed by atoms with van der Waals surface area (Å²) in [6.07, 6.45) is 0.703. The first-order chi connectivity index (χ1) is 8.97. The van der Waals surface area contributed by atoms with E-state index in [0.29, 0.717) is 25.9 Å². The summed E-state index contributed by atoms with van der Waals surface area (Å²) in [6, 6.07) is 0. The predicted molar refractivity (Wildman–Crippen MR) is 65.2 cm³/mol. The van der Waals surface area contributed by atoms with Crippen molar-refractivity contribution < 1.29 is 14.5 Å². The third-order valence-electron chi connectivity index (χ3n) is 2.74. The summed E-state index contributed by atoms with van der Waals surface area (Å²) >= 11 is 3.01. The molecule has 9 nitrogen and oxygen atoms in total.